The summed E-state index contributed by atoms with van der Waals surface area (Å²) in [6.45, 7) is 0. The molecule has 2 N–H and O–H groups in total. The lowest BCUT2D eigenvalue weighted by Gasteiger charge is -2.00. The lowest BCUT2D eigenvalue weighted by atomic mass is 10.1. The number of carbonyl (C=O) groups is 1. The van der Waals surface area contributed by atoms with E-state index in [0.29, 0.717) is 11.4 Å². The SMILES string of the molecule is O=C(Nc1cc(-c2ccccc2)[nH]n1)c1ccncc1. The van der Waals surface area contributed by atoms with Crippen LogP contribution >= 0.6 is 0 Å². The van der Waals surface area contributed by atoms with Crippen molar-refractivity contribution < 1.29 is 4.79 Å². The highest BCUT2D eigenvalue weighted by Crippen LogP contribution is 2.19. The summed E-state index contributed by atoms with van der Waals surface area (Å²) >= 11 is 0. The zero-order valence-corrected chi connectivity index (χ0v) is 10.6. The van der Waals surface area contributed by atoms with E-state index < -0.39 is 0 Å². The van der Waals surface area contributed by atoms with Gasteiger partial charge in [0.15, 0.2) is 5.82 Å². The number of nitrogens with one attached hydrogen (secondary N) is 2. The standard InChI is InChI=1S/C15H12N4O/c20-15(12-6-8-16-9-7-12)17-14-10-13(18-19-14)11-4-2-1-3-5-11/h1-10H,(H2,17,18,19,20). The van der Waals surface area contributed by atoms with Crippen molar-refractivity contribution in [1.82, 2.24) is 15.2 Å². The molecule has 98 valence electrons. The Morgan fingerprint density at radius 3 is 2.55 bits per heavy atom. The van der Waals surface area contributed by atoms with E-state index in [0.717, 1.165) is 11.3 Å². The normalized spacial score (nSPS) is 10.2. The third-order valence-electron chi connectivity index (χ3n) is 2.85. The molecule has 0 fully saturated rings. The first-order valence-electron chi connectivity index (χ1n) is 6.15. The Bertz CT molecular complexity index is 707. The Kier molecular flexibility index (Phi) is 3.24. The van der Waals surface area contributed by atoms with Crippen molar-refractivity contribution in [2.24, 2.45) is 0 Å². The van der Waals surface area contributed by atoms with Gasteiger partial charge in [-0.05, 0) is 17.7 Å². The fourth-order valence-electron chi connectivity index (χ4n) is 1.84. The first kappa shape index (κ1) is 12.1. The average Bonchev–Trinajstić information content (AvgIpc) is 2.97. The number of H-pyrrole nitrogens is 1. The van der Waals surface area contributed by atoms with E-state index in [1.807, 2.05) is 30.3 Å². The number of pyridine rings is 1. The van der Waals surface area contributed by atoms with Gasteiger partial charge >= 0.3 is 0 Å². The van der Waals surface area contributed by atoms with Crippen molar-refractivity contribution in [3.05, 3.63) is 66.5 Å². The highest BCUT2D eigenvalue weighted by molar-refractivity contribution is 6.03. The Labute approximate surface area is 115 Å². The summed E-state index contributed by atoms with van der Waals surface area (Å²) in [7, 11) is 0. The maximum Gasteiger partial charge on any atom is 0.256 e. The molecule has 3 aromatic rings. The third kappa shape index (κ3) is 2.56. The minimum atomic E-state index is -0.210. The van der Waals surface area contributed by atoms with Gasteiger partial charge < -0.3 is 5.32 Å². The van der Waals surface area contributed by atoms with E-state index in [1.54, 1.807) is 30.6 Å². The summed E-state index contributed by atoms with van der Waals surface area (Å²) < 4.78 is 0. The maximum atomic E-state index is 12.0. The summed E-state index contributed by atoms with van der Waals surface area (Å²) in [5.74, 6) is 0.282. The molecule has 3 rings (SSSR count). The number of carbonyl (C=O) groups excluding carboxylic acids is 1. The van der Waals surface area contributed by atoms with E-state index in [1.165, 1.54) is 0 Å². The van der Waals surface area contributed by atoms with Crippen LogP contribution in [0.5, 0.6) is 0 Å². The minimum Gasteiger partial charge on any atom is -0.305 e. The highest BCUT2D eigenvalue weighted by atomic mass is 16.1. The molecule has 0 aliphatic rings. The van der Waals surface area contributed by atoms with E-state index in [-0.39, 0.29) is 5.91 Å². The second kappa shape index (κ2) is 5.36. The van der Waals surface area contributed by atoms with Gasteiger partial charge in [0.25, 0.3) is 5.91 Å². The molecule has 0 saturated heterocycles. The molecule has 0 aliphatic heterocycles. The third-order valence-corrected chi connectivity index (χ3v) is 2.85. The molecule has 0 saturated carbocycles. The zero-order chi connectivity index (χ0) is 13.8. The second-order valence-corrected chi connectivity index (χ2v) is 4.22. The van der Waals surface area contributed by atoms with Crippen molar-refractivity contribution in [2.75, 3.05) is 5.32 Å². The molecule has 0 bridgehead atoms. The van der Waals surface area contributed by atoms with Gasteiger partial charge in [0.05, 0.1) is 5.69 Å². The van der Waals surface area contributed by atoms with Gasteiger partial charge in [-0.1, -0.05) is 30.3 Å². The molecular weight excluding hydrogens is 252 g/mol. The topological polar surface area (TPSA) is 70.7 Å². The van der Waals surface area contributed by atoms with Gasteiger partial charge in [-0.15, -0.1) is 0 Å². The summed E-state index contributed by atoms with van der Waals surface area (Å²) in [5, 5.41) is 9.73. The molecule has 0 atom stereocenters. The Morgan fingerprint density at radius 2 is 1.80 bits per heavy atom. The van der Waals surface area contributed by atoms with E-state index in [9.17, 15) is 4.79 Å². The molecule has 0 aliphatic carbocycles. The Hall–Kier alpha value is -2.95. The van der Waals surface area contributed by atoms with Gasteiger partial charge in [-0.3, -0.25) is 14.9 Å². The lowest BCUT2D eigenvalue weighted by molar-refractivity contribution is 0.102. The van der Waals surface area contributed by atoms with Crippen LogP contribution in [-0.2, 0) is 0 Å². The van der Waals surface area contributed by atoms with Crippen molar-refractivity contribution in [1.29, 1.82) is 0 Å². The Morgan fingerprint density at radius 1 is 1.05 bits per heavy atom. The van der Waals surface area contributed by atoms with Crippen molar-refractivity contribution >= 4 is 11.7 Å². The number of hydrogen-bond donors (Lipinski definition) is 2. The molecule has 2 aromatic heterocycles. The van der Waals surface area contributed by atoms with Gasteiger partial charge in [-0.2, -0.15) is 5.10 Å². The van der Waals surface area contributed by atoms with Crippen molar-refractivity contribution in [2.45, 2.75) is 0 Å². The summed E-state index contributed by atoms with van der Waals surface area (Å²) in [4.78, 5) is 15.8. The Balaban J connectivity index is 1.77. The molecular formula is C15H12N4O. The van der Waals surface area contributed by atoms with Gasteiger partial charge in [-0.25, -0.2) is 0 Å². The fraction of sp³-hybridized carbons (Fsp3) is 0. The van der Waals surface area contributed by atoms with Crippen LogP contribution in [0.4, 0.5) is 5.82 Å². The number of nitrogens with zero attached hydrogens (tertiary/aromatic N) is 2. The molecule has 5 heteroatoms. The molecule has 20 heavy (non-hydrogen) atoms. The van der Waals surface area contributed by atoms with E-state index >= 15 is 0 Å². The van der Waals surface area contributed by atoms with Crippen LogP contribution in [0.3, 0.4) is 0 Å². The molecule has 0 unspecified atom stereocenters. The molecule has 1 amide bonds. The van der Waals surface area contributed by atoms with Gasteiger partial charge in [0, 0.05) is 24.0 Å². The minimum absolute atomic E-state index is 0.210. The van der Waals surface area contributed by atoms with Crippen LogP contribution in [0, 0.1) is 0 Å². The van der Waals surface area contributed by atoms with Gasteiger partial charge in [0.1, 0.15) is 0 Å². The van der Waals surface area contributed by atoms with E-state index in [4.69, 9.17) is 0 Å². The lowest BCUT2D eigenvalue weighted by Crippen LogP contribution is -2.11. The fourth-order valence-corrected chi connectivity index (χ4v) is 1.84. The van der Waals surface area contributed by atoms with Crippen molar-refractivity contribution in [3.8, 4) is 11.3 Å². The predicted molar refractivity (Wildman–Crippen MR) is 76.2 cm³/mol. The van der Waals surface area contributed by atoms with Crippen molar-refractivity contribution in [3.63, 3.8) is 0 Å². The maximum absolute atomic E-state index is 12.0. The summed E-state index contributed by atoms with van der Waals surface area (Å²) in [6.07, 6.45) is 3.16. The number of hydrogen-bond acceptors (Lipinski definition) is 3. The monoisotopic (exact) mass is 264 g/mol. The van der Waals surface area contributed by atoms with Crippen LogP contribution in [0.15, 0.2) is 60.9 Å². The molecule has 2 heterocycles. The zero-order valence-electron chi connectivity index (χ0n) is 10.6. The molecule has 5 nitrogen and oxygen atoms in total. The number of amides is 1. The smallest absolute Gasteiger partial charge is 0.256 e. The van der Waals surface area contributed by atoms with E-state index in [2.05, 4.69) is 20.5 Å². The van der Waals surface area contributed by atoms with Crippen LogP contribution in [0.25, 0.3) is 11.3 Å². The number of aromatic nitrogens is 3. The second-order valence-electron chi connectivity index (χ2n) is 4.22. The number of aromatic amines is 1. The number of benzene rings is 1. The number of anilines is 1. The molecule has 0 radical (unpaired) electrons. The molecule has 1 aromatic carbocycles. The first-order chi connectivity index (χ1) is 9.83. The van der Waals surface area contributed by atoms with Gasteiger partial charge in [0.2, 0.25) is 0 Å². The largest absolute Gasteiger partial charge is 0.305 e. The highest BCUT2D eigenvalue weighted by Gasteiger charge is 2.08. The van der Waals surface area contributed by atoms with Crippen LogP contribution in [0.2, 0.25) is 0 Å². The molecule has 0 spiro atoms. The first-order valence-corrected chi connectivity index (χ1v) is 6.15. The van der Waals surface area contributed by atoms with Crippen LogP contribution < -0.4 is 5.32 Å². The summed E-state index contributed by atoms with van der Waals surface area (Å²) in [5.41, 5.74) is 2.42. The van der Waals surface area contributed by atoms with Crippen LogP contribution in [0.1, 0.15) is 10.4 Å². The number of rotatable bonds is 3. The predicted octanol–water partition coefficient (Wildman–Crippen LogP) is 2.72. The average molecular weight is 264 g/mol. The quantitative estimate of drug-likeness (QED) is 0.764. The van der Waals surface area contributed by atoms with Crippen LogP contribution in [-0.4, -0.2) is 21.1 Å². The summed E-state index contributed by atoms with van der Waals surface area (Å²) in [6, 6.07) is 14.9.